The van der Waals surface area contributed by atoms with Gasteiger partial charge in [0.05, 0.1) is 19.0 Å². The van der Waals surface area contributed by atoms with Gasteiger partial charge < -0.3 is 4.90 Å². The Morgan fingerprint density at radius 1 is 1.59 bits per heavy atom. The molecular formula is C13H23N3O. The number of amides is 1. The molecule has 1 heterocycles. The maximum Gasteiger partial charge on any atom is 0.236 e. The average molecular weight is 237 g/mol. The lowest BCUT2D eigenvalue weighted by Gasteiger charge is -2.28. The van der Waals surface area contributed by atoms with Gasteiger partial charge in [0.15, 0.2) is 0 Å². The molecular weight excluding hydrogens is 214 g/mol. The Bertz CT molecular complexity index is 296. The first-order valence-corrected chi connectivity index (χ1v) is 6.41. The third-order valence-corrected chi connectivity index (χ3v) is 3.51. The molecule has 0 aliphatic carbocycles. The van der Waals surface area contributed by atoms with Gasteiger partial charge in [0.25, 0.3) is 0 Å². The van der Waals surface area contributed by atoms with E-state index >= 15 is 0 Å². The summed E-state index contributed by atoms with van der Waals surface area (Å²) in [6, 6.07) is 2.61. The van der Waals surface area contributed by atoms with E-state index in [4.69, 9.17) is 5.26 Å². The highest BCUT2D eigenvalue weighted by molar-refractivity contribution is 5.78. The van der Waals surface area contributed by atoms with Crippen LogP contribution in [0.5, 0.6) is 0 Å². The zero-order chi connectivity index (χ0) is 12.8. The smallest absolute Gasteiger partial charge is 0.236 e. The summed E-state index contributed by atoms with van der Waals surface area (Å²) in [5.41, 5.74) is 0. The van der Waals surface area contributed by atoms with Crippen molar-refractivity contribution in [2.75, 3.05) is 26.7 Å². The van der Waals surface area contributed by atoms with Gasteiger partial charge in [-0.2, -0.15) is 5.26 Å². The van der Waals surface area contributed by atoms with Crippen molar-refractivity contribution in [3.63, 3.8) is 0 Å². The summed E-state index contributed by atoms with van der Waals surface area (Å²) in [4.78, 5) is 15.9. The van der Waals surface area contributed by atoms with E-state index in [-0.39, 0.29) is 5.91 Å². The van der Waals surface area contributed by atoms with Crippen LogP contribution in [-0.4, -0.2) is 48.4 Å². The molecule has 0 aromatic heterocycles. The molecule has 4 nitrogen and oxygen atoms in total. The Balaban J connectivity index is 2.42. The maximum absolute atomic E-state index is 11.9. The van der Waals surface area contributed by atoms with E-state index in [0.29, 0.717) is 31.5 Å². The van der Waals surface area contributed by atoms with Gasteiger partial charge in [0.2, 0.25) is 5.91 Å². The highest BCUT2D eigenvalue weighted by Gasteiger charge is 2.28. The van der Waals surface area contributed by atoms with Crippen LogP contribution in [-0.2, 0) is 4.79 Å². The molecule has 1 rings (SSSR count). The highest BCUT2D eigenvalue weighted by atomic mass is 16.2. The van der Waals surface area contributed by atoms with Gasteiger partial charge in [-0.1, -0.05) is 13.8 Å². The molecule has 1 unspecified atom stereocenters. The number of hydrogen-bond donors (Lipinski definition) is 0. The van der Waals surface area contributed by atoms with Crippen molar-refractivity contribution >= 4 is 5.91 Å². The maximum atomic E-state index is 11.9. The first-order valence-electron chi connectivity index (χ1n) is 6.41. The van der Waals surface area contributed by atoms with Crippen LogP contribution >= 0.6 is 0 Å². The number of carbonyl (C=O) groups is 1. The molecule has 1 saturated heterocycles. The normalized spacial score (nSPS) is 20.5. The molecule has 17 heavy (non-hydrogen) atoms. The monoisotopic (exact) mass is 237 g/mol. The van der Waals surface area contributed by atoms with Crippen LogP contribution in [0.15, 0.2) is 0 Å². The third-order valence-electron chi connectivity index (χ3n) is 3.51. The Hall–Kier alpha value is -1.08. The van der Waals surface area contributed by atoms with Crippen molar-refractivity contribution in [3.05, 3.63) is 0 Å². The minimum atomic E-state index is 0.132. The average Bonchev–Trinajstić information content (AvgIpc) is 2.73. The van der Waals surface area contributed by atoms with Crippen LogP contribution in [0.3, 0.4) is 0 Å². The molecule has 0 aromatic rings. The SMILES string of the molecule is CC(C)C1CCCN1CC(=O)N(C)CCC#N. The minimum Gasteiger partial charge on any atom is -0.344 e. The topological polar surface area (TPSA) is 47.3 Å². The van der Waals surface area contributed by atoms with Crippen molar-refractivity contribution in [2.45, 2.75) is 39.2 Å². The zero-order valence-corrected chi connectivity index (χ0v) is 11.1. The first-order chi connectivity index (χ1) is 8.06. The van der Waals surface area contributed by atoms with Crippen molar-refractivity contribution in [1.82, 2.24) is 9.80 Å². The molecule has 1 amide bonds. The van der Waals surface area contributed by atoms with E-state index in [1.807, 2.05) is 0 Å². The first kappa shape index (κ1) is 14.0. The molecule has 0 spiro atoms. The number of rotatable bonds is 5. The van der Waals surface area contributed by atoms with Crippen LogP contribution in [0.2, 0.25) is 0 Å². The van der Waals surface area contributed by atoms with Crippen molar-refractivity contribution < 1.29 is 4.79 Å². The van der Waals surface area contributed by atoms with E-state index in [1.165, 1.54) is 12.8 Å². The molecule has 1 aliphatic rings. The Kier molecular flexibility index (Phi) is 5.43. The number of likely N-dealkylation sites (tertiary alicyclic amines) is 1. The second-order valence-corrected chi connectivity index (χ2v) is 5.15. The van der Waals surface area contributed by atoms with Gasteiger partial charge in [-0.05, 0) is 25.3 Å². The highest BCUT2D eigenvalue weighted by Crippen LogP contribution is 2.23. The van der Waals surface area contributed by atoms with Gasteiger partial charge in [-0.15, -0.1) is 0 Å². The van der Waals surface area contributed by atoms with Gasteiger partial charge in [-0.3, -0.25) is 9.69 Å². The number of nitriles is 1. The fraction of sp³-hybridized carbons (Fsp3) is 0.846. The predicted octanol–water partition coefficient (Wildman–Crippen LogP) is 1.48. The Morgan fingerprint density at radius 3 is 2.88 bits per heavy atom. The van der Waals surface area contributed by atoms with Crippen LogP contribution in [0, 0.1) is 17.2 Å². The van der Waals surface area contributed by atoms with Gasteiger partial charge in [-0.25, -0.2) is 0 Å². The molecule has 1 aliphatic heterocycles. The predicted molar refractivity (Wildman–Crippen MR) is 67.3 cm³/mol. The zero-order valence-electron chi connectivity index (χ0n) is 11.1. The number of nitrogens with zero attached hydrogens (tertiary/aromatic N) is 3. The summed E-state index contributed by atoms with van der Waals surface area (Å²) in [6.45, 7) is 6.50. The summed E-state index contributed by atoms with van der Waals surface area (Å²) in [5.74, 6) is 0.738. The lowest BCUT2D eigenvalue weighted by molar-refractivity contribution is -0.131. The minimum absolute atomic E-state index is 0.132. The second kappa shape index (κ2) is 6.61. The van der Waals surface area contributed by atoms with Crippen molar-refractivity contribution in [1.29, 1.82) is 5.26 Å². The standard InChI is InChI=1S/C13H23N3O/c1-11(2)12-6-4-9-16(12)10-13(17)15(3)8-5-7-14/h11-12H,4-6,8-10H2,1-3H3. The quantitative estimate of drug-likeness (QED) is 0.727. The Labute approximate surface area is 104 Å². The van der Waals surface area contributed by atoms with Crippen molar-refractivity contribution in [3.8, 4) is 6.07 Å². The molecule has 1 atom stereocenters. The lowest BCUT2D eigenvalue weighted by atomic mass is 10.0. The third kappa shape index (κ3) is 4.01. The van der Waals surface area contributed by atoms with E-state index in [2.05, 4.69) is 24.8 Å². The number of carbonyl (C=O) groups excluding carboxylic acids is 1. The van der Waals surface area contributed by atoms with Gasteiger partial charge in [0, 0.05) is 19.6 Å². The van der Waals surface area contributed by atoms with E-state index < -0.39 is 0 Å². The fourth-order valence-electron chi connectivity index (χ4n) is 2.44. The summed E-state index contributed by atoms with van der Waals surface area (Å²) in [5, 5.41) is 8.50. The van der Waals surface area contributed by atoms with Crippen LogP contribution in [0.4, 0.5) is 0 Å². The molecule has 4 heteroatoms. The van der Waals surface area contributed by atoms with Crippen LogP contribution in [0.1, 0.15) is 33.1 Å². The van der Waals surface area contributed by atoms with E-state index in [0.717, 1.165) is 6.54 Å². The van der Waals surface area contributed by atoms with Crippen LogP contribution in [0.25, 0.3) is 0 Å². The molecule has 0 bridgehead atoms. The lowest BCUT2D eigenvalue weighted by Crippen LogP contribution is -2.42. The number of likely N-dealkylation sites (N-methyl/N-ethyl adjacent to an activating group) is 1. The van der Waals surface area contributed by atoms with Crippen LogP contribution < -0.4 is 0 Å². The number of hydrogen-bond acceptors (Lipinski definition) is 3. The summed E-state index contributed by atoms with van der Waals surface area (Å²) in [7, 11) is 1.78. The van der Waals surface area contributed by atoms with E-state index in [1.54, 1.807) is 11.9 Å². The molecule has 0 saturated carbocycles. The van der Waals surface area contributed by atoms with Crippen molar-refractivity contribution in [2.24, 2.45) is 5.92 Å². The van der Waals surface area contributed by atoms with Gasteiger partial charge >= 0.3 is 0 Å². The summed E-state index contributed by atoms with van der Waals surface area (Å²) in [6.07, 6.45) is 2.81. The summed E-state index contributed by atoms with van der Waals surface area (Å²) >= 11 is 0. The second-order valence-electron chi connectivity index (χ2n) is 5.15. The molecule has 96 valence electrons. The molecule has 0 radical (unpaired) electrons. The van der Waals surface area contributed by atoms with E-state index in [9.17, 15) is 4.79 Å². The summed E-state index contributed by atoms with van der Waals surface area (Å²) < 4.78 is 0. The Morgan fingerprint density at radius 2 is 2.29 bits per heavy atom. The molecule has 0 N–H and O–H groups in total. The largest absolute Gasteiger partial charge is 0.344 e. The molecule has 1 fully saturated rings. The molecule has 0 aromatic carbocycles. The van der Waals surface area contributed by atoms with Gasteiger partial charge in [0.1, 0.15) is 0 Å². The fourth-order valence-corrected chi connectivity index (χ4v) is 2.44.